The SMILES string of the molecule is CCCc1nc2n(c1CC)CCCC2. The minimum absolute atomic E-state index is 1.14. The Kier molecular flexibility index (Phi) is 2.90. The van der Waals surface area contributed by atoms with E-state index in [4.69, 9.17) is 4.98 Å². The van der Waals surface area contributed by atoms with Crippen LogP contribution in [-0.2, 0) is 25.8 Å². The Labute approximate surface area is 86.3 Å². The van der Waals surface area contributed by atoms with Crippen molar-refractivity contribution >= 4 is 0 Å². The van der Waals surface area contributed by atoms with Crippen LogP contribution in [0.25, 0.3) is 0 Å². The number of aromatic nitrogens is 2. The number of nitrogens with zero attached hydrogens (tertiary/aromatic N) is 2. The summed E-state index contributed by atoms with van der Waals surface area (Å²) in [5.74, 6) is 1.34. The molecule has 0 spiro atoms. The van der Waals surface area contributed by atoms with Crippen LogP contribution in [-0.4, -0.2) is 9.55 Å². The average Bonchev–Trinajstić information content (AvgIpc) is 2.55. The minimum atomic E-state index is 1.14. The highest BCUT2D eigenvalue weighted by Gasteiger charge is 2.17. The Balaban J connectivity index is 2.36. The third-order valence-electron chi connectivity index (χ3n) is 3.09. The van der Waals surface area contributed by atoms with Crippen LogP contribution in [0.15, 0.2) is 0 Å². The molecule has 0 fully saturated rings. The molecule has 0 bridgehead atoms. The Morgan fingerprint density at radius 1 is 1.29 bits per heavy atom. The van der Waals surface area contributed by atoms with Crippen molar-refractivity contribution in [3.63, 3.8) is 0 Å². The fourth-order valence-corrected chi connectivity index (χ4v) is 2.43. The Morgan fingerprint density at radius 3 is 2.86 bits per heavy atom. The molecule has 0 aromatic carbocycles. The minimum Gasteiger partial charge on any atom is -0.332 e. The molecule has 2 heteroatoms. The maximum Gasteiger partial charge on any atom is 0.109 e. The Hall–Kier alpha value is -0.790. The molecule has 2 rings (SSSR count). The predicted octanol–water partition coefficient (Wildman–Crippen LogP) is 2.73. The number of imidazole rings is 1. The number of aryl methyl sites for hydroxylation is 2. The molecule has 0 atom stereocenters. The van der Waals surface area contributed by atoms with Gasteiger partial charge in [0.15, 0.2) is 0 Å². The monoisotopic (exact) mass is 192 g/mol. The van der Waals surface area contributed by atoms with Gasteiger partial charge in [0.1, 0.15) is 5.82 Å². The van der Waals surface area contributed by atoms with Gasteiger partial charge in [0.05, 0.1) is 5.69 Å². The maximum absolute atomic E-state index is 4.77. The molecule has 0 amide bonds. The normalized spacial score (nSPS) is 15.6. The molecule has 78 valence electrons. The van der Waals surface area contributed by atoms with Gasteiger partial charge in [-0.25, -0.2) is 4.98 Å². The zero-order valence-electron chi connectivity index (χ0n) is 9.34. The van der Waals surface area contributed by atoms with Crippen molar-refractivity contribution in [2.45, 2.75) is 58.9 Å². The number of hydrogen-bond acceptors (Lipinski definition) is 1. The van der Waals surface area contributed by atoms with E-state index in [1.54, 1.807) is 0 Å². The van der Waals surface area contributed by atoms with Crippen molar-refractivity contribution in [1.29, 1.82) is 0 Å². The van der Waals surface area contributed by atoms with Gasteiger partial charge in [-0.3, -0.25) is 0 Å². The molecule has 1 aliphatic rings. The van der Waals surface area contributed by atoms with Crippen molar-refractivity contribution in [2.24, 2.45) is 0 Å². The summed E-state index contributed by atoms with van der Waals surface area (Å²) in [7, 11) is 0. The van der Waals surface area contributed by atoms with Crippen LogP contribution in [0.2, 0.25) is 0 Å². The molecule has 2 heterocycles. The third kappa shape index (κ3) is 1.58. The highest BCUT2D eigenvalue weighted by Crippen LogP contribution is 2.21. The van der Waals surface area contributed by atoms with Gasteiger partial charge in [0.25, 0.3) is 0 Å². The summed E-state index contributed by atoms with van der Waals surface area (Å²) in [4.78, 5) is 4.77. The summed E-state index contributed by atoms with van der Waals surface area (Å²) in [6.45, 7) is 5.69. The highest BCUT2D eigenvalue weighted by atomic mass is 15.1. The summed E-state index contributed by atoms with van der Waals surface area (Å²) < 4.78 is 2.47. The summed E-state index contributed by atoms with van der Waals surface area (Å²) in [6, 6.07) is 0. The third-order valence-corrected chi connectivity index (χ3v) is 3.09. The second kappa shape index (κ2) is 4.16. The van der Waals surface area contributed by atoms with Gasteiger partial charge in [0, 0.05) is 18.7 Å². The van der Waals surface area contributed by atoms with Crippen LogP contribution in [0.4, 0.5) is 0 Å². The second-order valence-electron chi connectivity index (χ2n) is 4.13. The van der Waals surface area contributed by atoms with Crippen molar-refractivity contribution in [1.82, 2.24) is 9.55 Å². The van der Waals surface area contributed by atoms with Gasteiger partial charge in [-0.1, -0.05) is 20.3 Å². The van der Waals surface area contributed by atoms with Crippen LogP contribution in [0.5, 0.6) is 0 Å². The fourth-order valence-electron chi connectivity index (χ4n) is 2.43. The van der Waals surface area contributed by atoms with E-state index < -0.39 is 0 Å². The van der Waals surface area contributed by atoms with Crippen LogP contribution in [0.3, 0.4) is 0 Å². The molecule has 14 heavy (non-hydrogen) atoms. The molecular weight excluding hydrogens is 172 g/mol. The topological polar surface area (TPSA) is 17.8 Å². The quantitative estimate of drug-likeness (QED) is 0.720. The predicted molar refractivity (Wildman–Crippen MR) is 58.5 cm³/mol. The lowest BCUT2D eigenvalue weighted by molar-refractivity contribution is 0.509. The molecule has 1 aromatic heterocycles. The lowest BCUT2D eigenvalue weighted by Gasteiger charge is -2.15. The largest absolute Gasteiger partial charge is 0.332 e. The smallest absolute Gasteiger partial charge is 0.109 e. The molecule has 1 aromatic rings. The van der Waals surface area contributed by atoms with E-state index >= 15 is 0 Å². The molecular formula is C12H20N2. The van der Waals surface area contributed by atoms with Crippen molar-refractivity contribution in [3.8, 4) is 0 Å². The van der Waals surface area contributed by atoms with Gasteiger partial charge in [-0.15, -0.1) is 0 Å². The first-order valence-corrected chi connectivity index (χ1v) is 5.94. The molecule has 1 aliphatic heterocycles. The zero-order valence-corrected chi connectivity index (χ0v) is 9.34. The second-order valence-corrected chi connectivity index (χ2v) is 4.13. The zero-order chi connectivity index (χ0) is 9.97. The van der Waals surface area contributed by atoms with Gasteiger partial charge >= 0.3 is 0 Å². The maximum atomic E-state index is 4.77. The molecule has 0 unspecified atom stereocenters. The van der Waals surface area contributed by atoms with Gasteiger partial charge < -0.3 is 4.57 Å². The molecule has 0 saturated heterocycles. The molecule has 0 N–H and O–H groups in total. The fraction of sp³-hybridized carbons (Fsp3) is 0.750. The first-order valence-electron chi connectivity index (χ1n) is 5.94. The van der Waals surface area contributed by atoms with E-state index in [1.165, 1.54) is 49.4 Å². The van der Waals surface area contributed by atoms with E-state index in [0.29, 0.717) is 0 Å². The lowest BCUT2D eigenvalue weighted by Crippen LogP contribution is -2.12. The molecule has 0 radical (unpaired) electrons. The molecule has 2 nitrogen and oxygen atoms in total. The Bertz CT molecular complexity index is 312. The molecule has 0 saturated carbocycles. The van der Waals surface area contributed by atoms with Crippen LogP contribution >= 0.6 is 0 Å². The summed E-state index contributed by atoms with van der Waals surface area (Å²) in [5.41, 5.74) is 2.87. The van der Waals surface area contributed by atoms with Crippen LogP contribution in [0, 0.1) is 0 Å². The number of hydrogen-bond donors (Lipinski definition) is 0. The number of fused-ring (bicyclic) bond motifs is 1. The van der Waals surface area contributed by atoms with Gasteiger partial charge in [0.2, 0.25) is 0 Å². The van der Waals surface area contributed by atoms with E-state index in [2.05, 4.69) is 18.4 Å². The first-order chi connectivity index (χ1) is 6.86. The van der Waals surface area contributed by atoms with Crippen LogP contribution < -0.4 is 0 Å². The van der Waals surface area contributed by atoms with E-state index in [0.717, 1.165) is 12.8 Å². The first kappa shape index (κ1) is 9.75. The standard InChI is InChI=1S/C12H20N2/c1-3-7-10-11(4-2)14-9-6-5-8-12(14)13-10/h3-9H2,1-2H3. The van der Waals surface area contributed by atoms with E-state index in [1.807, 2.05) is 0 Å². The molecule has 0 aliphatic carbocycles. The average molecular weight is 192 g/mol. The van der Waals surface area contributed by atoms with Crippen molar-refractivity contribution in [2.75, 3.05) is 0 Å². The van der Waals surface area contributed by atoms with E-state index in [-0.39, 0.29) is 0 Å². The lowest BCUT2D eigenvalue weighted by atomic mass is 10.1. The van der Waals surface area contributed by atoms with Gasteiger partial charge in [-0.2, -0.15) is 0 Å². The van der Waals surface area contributed by atoms with Crippen LogP contribution in [0.1, 0.15) is 50.3 Å². The van der Waals surface area contributed by atoms with E-state index in [9.17, 15) is 0 Å². The summed E-state index contributed by atoms with van der Waals surface area (Å²) >= 11 is 0. The highest BCUT2D eigenvalue weighted by molar-refractivity contribution is 5.19. The Morgan fingerprint density at radius 2 is 2.14 bits per heavy atom. The van der Waals surface area contributed by atoms with Crippen molar-refractivity contribution in [3.05, 3.63) is 17.2 Å². The summed E-state index contributed by atoms with van der Waals surface area (Å²) in [5, 5.41) is 0. The summed E-state index contributed by atoms with van der Waals surface area (Å²) in [6.07, 6.45) is 7.36. The van der Waals surface area contributed by atoms with Crippen molar-refractivity contribution < 1.29 is 0 Å². The van der Waals surface area contributed by atoms with Gasteiger partial charge in [-0.05, 0) is 25.7 Å². The number of rotatable bonds is 3.